The molecule has 120 valence electrons. The van der Waals surface area contributed by atoms with Gasteiger partial charge in [0.15, 0.2) is 0 Å². The Morgan fingerprint density at radius 3 is 2.43 bits per heavy atom. The van der Waals surface area contributed by atoms with E-state index in [-0.39, 0.29) is 24.2 Å². The maximum Gasteiger partial charge on any atom is 0.303 e. The molecular weight excluding hydrogens is 272 g/mol. The summed E-state index contributed by atoms with van der Waals surface area (Å²) >= 11 is 0. The third kappa shape index (κ3) is 7.11. The van der Waals surface area contributed by atoms with Crippen LogP contribution in [0.4, 0.5) is 0 Å². The van der Waals surface area contributed by atoms with Crippen molar-refractivity contribution in [3.8, 4) is 0 Å². The number of hydrogen-bond acceptors (Lipinski definition) is 3. The molecule has 0 radical (unpaired) electrons. The molecule has 6 nitrogen and oxygen atoms in total. The topological polar surface area (TPSA) is 86.7 Å². The van der Waals surface area contributed by atoms with Gasteiger partial charge in [0, 0.05) is 38.9 Å². The average molecular weight is 298 g/mol. The predicted octanol–water partition coefficient (Wildman–Crippen LogP) is 1.40. The lowest BCUT2D eigenvalue weighted by Crippen LogP contribution is -2.38. The largest absolute Gasteiger partial charge is 0.481 e. The monoisotopic (exact) mass is 298 g/mol. The van der Waals surface area contributed by atoms with E-state index in [9.17, 15) is 14.4 Å². The highest BCUT2D eigenvalue weighted by molar-refractivity contribution is 5.79. The van der Waals surface area contributed by atoms with Gasteiger partial charge in [-0.15, -0.1) is 0 Å². The van der Waals surface area contributed by atoms with E-state index in [1.54, 1.807) is 4.90 Å². The van der Waals surface area contributed by atoms with E-state index in [1.807, 2.05) is 6.92 Å². The Hall–Kier alpha value is -1.59. The van der Waals surface area contributed by atoms with E-state index in [4.69, 9.17) is 5.11 Å². The zero-order valence-electron chi connectivity index (χ0n) is 12.8. The minimum atomic E-state index is -0.766. The van der Waals surface area contributed by atoms with Crippen molar-refractivity contribution < 1.29 is 19.5 Å². The number of nitrogens with one attached hydrogen (secondary N) is 1. The second-order valence-corrected chi connectivity index (χ2v) is 5.63. The Bertz CT molecular complexity index is 363. The quantitative estimate of drug-likeness (QED) is 0.709. The van der Waals surface area contributed by atoms with E-state index in [2.05, 4.69) is 5.32 Å². The predicted molar refractivity (Wildman–Crippen MR) is 78.7 cm³/mol. The van der Waals surface area contributed by atoms with Crippen LogP contribution in [0.2, 0.25) is 0 Å². The molecule has 0 aliphatic carbocycles. The van der Waals surface area contributed by atoms with Crippen molar-refractivity contribution >= 4 is 17.8 Å². The number of amides is 2. The standard InChI is InChI=1S/C15H26N2O4/c1-2-8-16-13(18)4-3-5-14(19)17-9-6-12(7-10-17)11-15(20)21/h12H,2-11H2,1H3,(H,16,18)(H,20,21). The van der Waals surface area contributed by atoms with E-state index in [0.717, 1.165) is 19.3 Å². The van der Waals surface area contributed by atoms with Crippen molar-refractivity contribution in [3.05, 3.63) is 0 Å². The molecule has 0 aromatic heterocycles. The first kappa shape index (κ1) is 17.5. The van der Waals surface area contributed by atoms with Crippen LogP contribution in [0.25, 0.3) is 0 Å². The first-order valence-electron chi connectivity index (χ1n) is 7.79. The van der Waals surface area contributed by atoms with Crippen LogP contribution in [0.5, 0.6) is 0 Å². The maximum absolute atomic E-state index is 12.0. The number of hydrogen-bond donors (Lipinski definition) is 2. The summed E-state index contributed by atoms with van der Waals surface area (Å²) < 4.78 is 0. The van der Waals surface area contributed by atoms with Crippen LogP contribution in [-0.2, 0) is 14.4 Å². The van der Waals surface area contributed by atoms with E-state index < -0.39 is 5.97 Å². The molecule has 0 bridgehead atoms. The lowest BCUT2D eigenvalue weighted by atomic mass is 9.93. The van der Waals surface area contributed by atoms with E-state index in [1.165, 1.54) is 0 Å². The summed E-state index contributed by atoms with van der Waals surface area (Å²) in [6.07, 6.45) is 3.98. The number of likely N-dealkylation sites (tertiary alicyclic amines) is 1. The Morgan fingerprint density at radius 2 is 1.86 bits per heavy atom. The first-order valence-corrected chi connectivity index (χ1v) is 7.79. The van der Waals surface area contributed by atoms with Crippen molar-refractivity contribution in [1.29, 1.82) is 0 Å². The zero-order chi connectivity index (χ0) is 15.7. The SMILES string of the molecule is CCCNC(=O)CCCC(=O)N1CCC(CC(=O)O)CC1. The highest BCUT2D eigenvalue weighted by atomic mass is 16.4. The average Bonchev–Trinajstić information content (AvgIpc) is 2.45. The zero-order valence-corrected chi connectivity index (χ0v) is 12.8. The number of carbonyl (C=O) groups is 3. The third-order valence-corrected chi connectivity index (χ3v) is 3.80. The highest BCUT2D eigenvalue weighted by Crippen LogP contribution is 2.21. The lowest BCUT2D eigenvalue weighted by molar-refractivity contribution is -0.138. The molecule has 0 atom stereocenters. The molecule has 21 heavy (non-hydrogen) atoms. The highest BCUT2D eigenvalue weighted by Gasteiger charge is 2.23. The van der Waals surface area contributed by atoms with Crippen molar-refractivity contribution in [2.24, 2.45) is 5.92 Å². The number of piperidine rings is 1. The molecule has 2 N–H and O–H groups in total. The fourth-order valence-electron chi connectivity index (χ4n) is 2.54. The second kappa shape index (κ2) is 9.37. The summed E-state index contributed by atoms with van der Waals surface area (Å²) in [5.74, 6) is -0.499. The minimum absolute atomic E-state index is 0.00446. The molecule has 1 fully saturated rings. The van der Waals surface area contributed by atoms with Crippen LogP contribution in [0.1, 0.15) is 51.9 Å². The minimum Gasteiger partial charge on any atom is -0.481 e. The molecule has 1 saturated heterocycles. The normalized spacial score (nSPS) is 15.8. The number of carbonyl (C=O) groups excluding carboxylic acids is 2. The molecule has 1 heterocycles. The van der Waals surface area contributed by atoms with Gasteiger partial charge in [0.05, 0.1) is 0 Å². The molecule has 1 aliphatic rings. The summed E-state index contributed by atoms with van der Waals surface area (Å²) in [7, 11) is 0. The smallest absolute Gasteiger partial charge is 0.303 e. The number of nitrogens with zero attached hydrogens (tertiary/aromatic N) is 1. The summed E-state index contributed by atoms with van der Waals surface area (Å²) in [6.45, 7) is 3.96. The van der Waals surface area contributed by atoms with Crippen molar-refractivity contribution in [1.82, 2.24) is 10.2 Å². The van der Waals surface area contributed by atoms with Gasteiger partial charge in [0.25, 0.3) is 0 Å². The van der Waals surface area contributed by atoms with Crippen LogP contribution in [0.3, 0.4) is 0 Å². The van der Waals surface area contributed by atoms with Crippen molar-refractivity contribution in [2.75, 3.05) is 19.6 Å². The Balaban J connectivity index is 2.16. The van der Waals surface area contributed by atoms with Gasteiger partial charge in [-0.1, -0.05) is 6.92 Å². The van der Waals surface area contributed by atoms with Crippen molar-refractivity contribution in [2.45, 2.75) is 51.9 Å². The van der Waals surface area contributed by atoms with Gasteiger partial charge in [0.1, 0.15) is 0 Å². The summed E-state index contributed by atoms with van der Waals surface area (Å²) in [6, 6.07) is 0. The van der Waals surface area contributed by atoms with Crippen LogP contribution < -0.4 is 5.32 Å². The van der Waals surface area contributed by atoms with Gasteiger partial charge in [0.2, 0.25) is 11.8 Å². The Morgan fingerprint density at radius 1 is 1.19 bits per heavy atom. The summed E-state index contributed by atoms with van der Waals surface area (Å²) in [5.41, 5.74) is 0. The second-order valence-electron chi connectivity index (χ2n) is 5.63. The van der Waals surface area contributed by atoms with Crippen molar-refractivity contribution in [3.63, 3.8) is 0 Å². The maximum atomic E-state index is 12.0. The third-order valence-electron chi connectivity index (χ3n) is 3.80. The molecule has 0 saturated carbocycles. The van der Waals surface area contributed by atoms with Gasteiger partial charge in [-0.2, -0.15) is 0 Å². The summed E-state index contributed by atoms with van der Waals surface area (Å²) in [4.78, 5) is 35.9. The molecular formula is C15H26N2O4. The molecule has 2 amide bonds. The fourth-order valence-corrected chi connectivity index (χ4v) is 2.54. The lowest BCUT2D eigenvalue weighted by Gasteiger charge is -2.31. The number of carboxylic acid groups (broad SMARTS) is 1. The molecule has 0 aromatic carbocycles. The molecule has 0 unspecified atom stereocenters. The van der Waals surface area contributed by atoms with Crippen LogP contribution in [0.15, 0.2) is 0 Å². The molecule has 0 spiro atoms. The number of carboxylic acids is 1. The Kier molecular flexibility index (Phi) is 7.79. The van der Waals surface area contributed by atoms with Gasteiger partial charge in [-0.3, -0.25) is 14.4 Å². The van der Waals surface area contributed by atoms with Gasteiger partial charge in [-0.25, -0.2) is 0 Å². The molecule has 1 aliphatic heterocycles. The number of rotatable bonds is 8. The fraction of sp³-hybridized carbons (Fsp3) is 0.800. The van der Waals surface area contributed by atoms with Gasteiger partial charge >= 0.3 is 5.97 Å². The molecule has 6 heteroatoms. The van der Waals surface area contributed by atoms with Crippen LogP contribution in [0, 0.1) is 5.92 Å². The van der Waals surface area contributed by atoms with E-state index >= 15 is 0 Å². The van der Waals surface area contributed by atoms with E-state index in [0.29, 0.717) is 38.9 Å². The summed E-state index contributed by atoms with van der Waals surface area (Å²) in [5, 5.41) is 11.5. The van der Waals surface area contributed by atoms with Gasteiger partial charge < -0.3 is 15.3 Å². The van der Waals surface area contributed by atoms with Crippen LogP contribution >= 0.6 is 0 Å². The molecule has 0 aromatic rings. The van der Waals surface area contributed by atoms with Gasteiger partial charge in [-0.05, 0) is 31.6 Å². The first-order chi connectivity index (χ1) is 10.0. The Labute approximate surface area is 125 Å². The molecule has 1 rings (SSSR count). The van der Waals surface area contributed by atoms with Crippen LogP contribution in [-0.4, -0.2) is 47.4 Å². The number of aliphatic carboxylic acids is 1.